The van der Waals surface area contributed by atoms with Gasteiger partial charge in [-0.05, 0) is 25.0 Å². The molecule has 10 heavy (non-hydrogen) atoms. The first-order valence-electron chi connectivity index (χ1n) is 4.46. The first-order chi connectivity index (χ1) is 4.85. The SMILES string of the molecule is CCC.CCC1CCCS1. The molecule has 1 fully saturated rings. The van der Waals surface area contributed by atoms with Crippen LogP contribution in [0.2, 0.25) is 0 Å². The summed E-state index contributed by atoms with van der Waals surface area (Å²) in [5.41, 5.74) is 0. The van der Waals surface area contributed by atoms with E-state index in [1.165, 1.54) is 31.4 Å². The molecule has 0 aromatic heterocycles. The van der Waals surface area contributed by atoms with Crippen molar-refractivity contribution in [1.82, 2.24) is 0 Å². The Hall–Kier alpha value is 0.350. The van der Waals surface area contributed by atoms with E-state index in [-0.39, 0.29) is 0 Å². The summed E-state index contributed by atoms with van der Waals surface area (Å²) >= 11 is 2.14. The highest BCUT2D eigenvalue weighted by Crippen LogP contribution is 2.27. The fraction of sp³-hybridized carbons (Fsp3) is 1.00. The number of hydrogen-bond acceptors (Lipinski definition) is 1. The zero-order valence-electron chi connectivity index (χ0n) is 7.52. The van der Waals surface area contributed by atoms with Crippen LogP contribution in [-0.2, 0) is 0 Å². The van der Waals surface area contributed by atoms with E-state index in [0.717, 1.165) is 5.25 Å². The van der Waals surface area contributed by atoms with Crippen LogP contribution in [0.4, 0.5) is 0 Å². The highest BCUT2D eigenvalue weighted by Gasteiger charge is 2.11. The van der Waals surface area contributed by atoms with Crippen molar-refractivity contribution in [2.75, 3.05) is 5.75 Å². The zero-order chi connectivity index (χ0) is 7.82. The van der Waals surface area contributed by atoms with Crippen molar-refractivity contribution >= 4 is 11.8 Å². The van der Waals surface area contributed by atoms with E-state index in [2.05, 4.69) is 32.5 Å². The molecule has 1 atom stereocenters. The average Bonchev–Trinajstić information content (AvgIpc) is 2.39. The van der Waals surface area contributed by atoms with Crippen molar-refractivity contribution in [3.8, 4) is 0 Å². The van der Waals surface area contributed by atoms with Crippen LogP contribution in [-0.4, -0.2) is 11.0 Å². The fourth-order valence-corrected chi connectivity index (χ4v) is 2.20. The van der Waals surface area contributed by atoms with Crippen molar-refractivity contribution in [3.63, 3.8) is 0 Å². The summed E-state index contributed by atoms with van der Waals surface area (Å²) in [5.74, 6) is 1.42. The monoisotopic (exact) mass is 160 g/mol. The first-order valence-corrected chi connectivity index (χ1v) is 5.51. The van der Waals surface area contributed by atoms with Crippen LogP contribution < -0.4 is 0 Å². The molecule has 0 nitrogen and oxygen atoms in total. The molecule has 1 saturated heterocycles. The molecule has 1 aliphatic heterocycles. The third-order valence-electron chi connectivity index (χ3n) is 1.48. The lowest BCUT2D eigenvalue weighted by atomic mass is 10.2. The minimum Gasteiger partial charge on any atom is -0.159 e. The van der Waals surface area contributed by atoms with Gasteiger partial charge in [0, 0.05) is 5.25 Å². The van der Waals surface area contributed by atoms with Gasteiger partial charge in [0.15, 0.2) is 0 Å². The Bertz CT molecular complexity index is 55.7. The summed E-state index contributed by atoms with van der Waals surface area (Å²) in [6.45, 7) is 6.53. The maximum Gasteiger partial charge on any atom is 0.00447 e. The second kappa shape index (κ2) is 7.46. The van der Waals surface area contributed by atoms with Gasteiger partial charge in [0.25, 0.3) is 0 Å². The summed E-state index contributed by atoms with van der Waals surface area (Å²) in [4.78, 5) is 0. The topological polar surface area (TPSA) is 0 Å². The van der Waals surface area contributed by atoms with E-state index >= 15 is 0 Å². The van der Waals surface area contributed by atoms with Gasteiger partial charge in [-0.15, -0.1) is 0 Å². The summed E-state index contributed by atoms with van der Waals surface area (Å²) in [6, 6.07) is 0. The predicted molar refractivity (Wildman–Crippen MR) is 51.7 cm³/mol. The van der Waals surface area contributed by atoms with Crippen molar-refractivity contribution in [2.24, 2.45) is 0 Å². The van der Waals surface area contributed by atoms with Crippen LogP contribution in [0.3, 0.4) is 0 Å². The molecule has 0 amide bonds. The molecule has 1 aliphatic rings. The number of thioether (sulfide) groups is 1. The molecule has 1 unspecified atom stereocenters. The molecular weight excluding hydrogens is 140 g/mol. The van der Waals surface area contributed by atoms with E-state index in [9.17, 15) is 0 Å². The Morgan fingerprint density at radius 2 is 1.90 bits per heavy atom. The first kappa shape index (κ1) is 10.3. The van der Waals surface area contributed by atoms with Gasteiger partial charge in [-0.25, -0.2) is 0 Å². The minimum absolute atomic E-state index is 1.01. The van der Waals surface area contributed by atoms with Crippen molar-refractivity contribution < 1.29 is 0 Å². The van der Waals surface area contributed by atoms with E-state index in [1.807, 2.05) is 0 Å². The Kier molecular flexibility index (Phi) is 7.72. The maximum atomic E-state index is 2.28. The molecule has 1 heteroatoms. The molecule has 62 valence electrons. The molecule has 0 aliphatic carbocycles. The summed E-state index contributed by atoms with van der Waals surface area (Å²) in [6.07, 6.45) is 5.56. The quantitative estimate of drug-likeness (QED) is 0.563. The van der Waals surface area contributed by atoms with E-state index in [4.69, 9.17) is 0 Å². The van der Waals surface area contributed by atoms with E-state index < -0.39 is 0 Å². The van der Waals surface area contributed by atoms with Gasteiger partial charge in [0.05, 0.1) is 0 Å². The Morgan fingerprint density at radius 1 is 1.30 bits per heavy atom. The van der Waals surface area contributed by atoms with Crippen LogP contribution in [0.5, 0.6) is 0 Å². The van der Waals surface area contributed by atoms with Gasteiger partial charge in [0.2, 0.25) is 0 Å². The summed E-state index contributed by atoms with van der Waals surface area (Å²) in [7, 11) is 0. The van der Waals surface area contributed by atoms with E-state index in [1.54, 1.807) is 0 Å². The fourth-order valence-electron chi connectivity index (χ4n) is 0.966. The van der Waals surface area contributed by atoms with E-state index in [0.29, 0.717) is 0 Å². The standard InChI is InChI=1S/C6H12S.C3H8/c1-2-6-4-3-5-7-6;1-3-2/h6H,2-5H2,1H3;3H2,1-2H3. The van der Waals surface area contributed by atoms with Crippen molar-refractivity contribution in [2.45, 2.75) is 51.7 Å². The molecular formula is C9H20S. The lowest BCUT2D eigenvalue weighted by Gasteiger charge is -1.99. The van der Waals surface area contributed by atoms with Gasteiger partial charge in [-0.1, -0.05) is 27.2 Å². The van der Waals surface area contributed by atoms with Crippen LogP contribution in [0, 0.1) is 0 Å². The van der Waals surface area contributed by atoms with Crippen LogP contribution in [0.1, 0.15) is 46.5 Å². The van der Waals surface area contributed by atoms with Gasteiger partial charge in [0.1, 0.15) is 0 Å². The van der Waals surface area contributed by atoms with Crippen LogP contribution in [0.25, 0.3) is 0 Å². The molecule has 1 rings (SSSR count). The predicted octanol–water partition coefficient (Wildman–Crippen LogP) is 3.71. The highest BCUT2D eigenvalue weighted by molar-refractivity contribution is 8.00. The van der Waals surface area contributed by atoms with Gasteiger partial charge >= 0.3 is 0 Å². The number of rotatable bonds is 1. The Balaban J connectivity index is 0.000000236. The molecule has 0 spiro atoms. The second-order valence-corrected chi connectivity index (χ2v) is 4.16. The summed E-state index contributed by atoms with van der Waals surface area (Å²) < 4.78 is 0. The molecule has 0 aromatic rings. The molecule has 1 heterocycles. The van der Waals surface area contributed by atoms with Crippen LogP contribution >= 0.6 is 11.8 Å². The third kappa shape index (κ3) is 5.16. The third-order valence-corrected chi connectivity index (χ3v) is 3.04. The molecule has 0 saturated carbocycles. The molecule has 0 radical (unpaired) electrons. The normalized spacial score (nSPS) is 23.7. The average molecular weight is 160 g/mol. The van der Waals surface area contributed by atoms with Gasteiger partial charge in [-0.2, -0.15) is 11.8 Å². The molecule has 0 aromatic carbocycles. The van der Waals surface area contributed by atoms with Crippen molar-refractivity contribution in [1.29, 1.82) is 0 Å². The zero-order valence-corrected chi connectivity index (χ0v) is 8.34. The lowest BCUT2D eigenvalue weighted by Crippen LogP contribution is -1.90. The van der Waals surface area contributed by atoms with Gasteiger partial charge in [-0.3, -0.25) is 0 Å². The lowest BCUT2D eigenvalue weighted by molar-refractivity contribution is 0.759. The second-order valence-electron chi connectivity index (χ2n) is 2.75. The minimum atomic E-state index is 1.01. The molecule has 0 bridgehead atoms. The largest absolute Gasteiger partial charge is 0.159 e. The highest BCUT2D eigenvalue weighted by atomic mass is 32.2. The molecule has 0 N–H and O–H groups in total. The number of hydrogen-bond donors (Lipinski definition) is 0. The Labute approximate surface area is 69.8 Å². The smallest absolute Gasteiger partial charge is 0.00447 e. The van der Waals surface area contributed by atoms with Crippen LogP contribution in [0.15, 0.2) is 0 Å². The van der Waals surface area contributed by atoms with Gasteiger partial charge < -0.3 is 0 Å². The Morgan fingerprint density at radius 3 is 2.10 bits per heavy atom. The summed E-state index contributed by atoms with van der Waals surface area (Å²) in [5, 5.41) is 1.01. The maximum absolute atomic E-state index is 2.28. The van der Waals surface area contributed by atoms with Crippen molar-refractivity contribution in [3.05, 3.63) is 0 Å².